The molecule has 0 aromatic carbocycles. The van der Waals surface area contributed by atoms with Gasteiger partial charge in [0.2, 0.25) is 0 Å². The van der Waals surface area contributed by atoms with Gasteiger partial charge in [-0.1, -0.05) is 31.4 Å². The summed E-state index contributed by atoms with van der Waals surface area (Å²) < 4.78 is 0. The van der Waals surface area contributed by atoms with Gasteiger partial charge in [0.25, 0.3) is 0 Å². The van der Waals surface area contributed by atoms with Crippen molar-refractivity contribution in [1.29, 1.82) is 0 Å². The van der Waals surface area contributed by atoms with Crippen LogP contribution in [0.2, 0.25) is 0 Å². The average molecular weight is 166 g/mol. The van der Waals surface area contributed by atoms with Gasteiger partial charge in [0.1, 0.15) is 6.29 Å². The third kappa shape index (κ3) is 2.20. The predicted octanol–water partition coefficient (Wildman–Crippen LogP) is 2.96. The summed E-state index contributed by atoms with van der Waals surface area (Å²) in [6.45, 7) is 5.84. The smallest absolute Gasteiger partial charge is 0.127 e. The molecule has 1 saturated carbocycles. The number of hydrogen-bond donors (Lipinski definition) is 0. The second kappa shape index (κ2) is 4.44. The summed E-state index contributed by atoms with van der Waals surface area (Å²) in [5, 5.41) is 0. The van der Waals surface area contributed by atoms with Crippen LogP contribution in [0.3, 0.4) is 0 Å². The average Bonchev–Trinajstić information content (AvgIpc) is 2.07. The van der Waals surface area contributed by atoms with Crippen molar-refractivity contribution in [3.05, 3.63) is 12.2 Å². The summed E-state index contributed by atoms with van der Waals surface area (Å²) in [4.78, 5) is 10.8. The molecule has 0 aromatic rings. The second-order valence-corrected chi connectivity index (χ2v) is 3.91. The Kier molecular flexibility index (Phi) is 3.51. The zero-order valence-corrected chi connectivity index (χ0v) is 7.88. The molecule has 0 N–H and O–H groups in total. The minimum Gasteiger partial charge on any atom is -0.303 e. The van der Waals surface area contributed by atoms with Gasteiger partial charge >= 0.3 is 0 Å². The molecule has 0 saturated heterocycles. The summed E-state index contributed by atoms with van der Waals surface area (Å²) >= 11 is 0. The van der Waals surface area contributed by atoms with Crippen molar-refractivity contribution in [2.24, 2.45) is 11.8 Å². The SMILES string of the molecule is C=C(C)C(C=O)C1CCCCC1. The van der Waals surface area contributed by atoms with Gasteiger partial charge in [-0.05, 0) is 25.7 Å². The highest BCUT2D eigenvalue weighted by Gasteiger charge is 2.23. The first-order valence-electron chi connectivity index (χ1n) is 4.86. The summed E-state index contributed by atoms with van der Waals surface area (Å²) in [5.74, 6) is 0.721. The number of carbonyl (C=O) groups excluding carboxylic acids is 1. The summed E-state index contributed by atoms with van der Waals surface area (Å²) in [5.41, 5.74) is 1.04. The summed E-state index contributed by atoms with van der Waals surface area (Å²) in [6, 6.07) is 0. The molecule has 1 heteroatoms. The van der Waals surface area contributed by atoms with Gasteiger partial charge in [0.15, 0.2) is 0 Å². The van der Waals surface area contributed by atoms with Gasteiger partial charge in [-0.3, -0.25) is 0 Å². The van der Waals surface area contributed by atoms with E-state index in [-0.39, 0.29) is 5.92 Å². The highest BCUT2D eigenvalue weighted by molar-refractivity contribution is 5.58. The molecule has 1 aliphatic carbocycles. The van der Waals surface area contributed by atoms with Crippen molar-refractivity contribution in [2.45, 2.75) is 39.0 Å². The van der Waals surface area contributed by atoms with Gasteiger partial charge < -0.3 is 4.79 Å². The van der Waals surface area contributed by atoms with Crippen molar-refractivity contribution < 1.29 is 4.79 Å². The predicted molar refractivity (Wildman–Crippen MR) is 50.9 cm³/mol. The molecule has 1 unspecified atom stereocenters. The molecule has 0 aliphatic heterocycles. The highest BCUT2D eigenvalue weighted by Crippen LogP contribution is 2.31. The van der Waals surface area contributed by atoms with Crippen LogP contribution in [-0.2, 0) is 4.79 Å². The van der Waals surface area contributed by atoms with E-state index in [9.17, 15) is 4.79 Å². The molecule has 1 atom stereocenters. The minimum absolute atomic E-state index is 0.130. The first-order valence-corrected chi connectivity index (χ1v) is 4.86. The quantitative estimate of drug-likeness (QED) is 0.465. The first-order chi connectivity index (χ1) is 5.75. The van der Waals surface area contributed by atoms with Crippen LogP contribution in [0.5, 0.6) is 0 Å². The fourth-order valence-corrected chi connectivity index (χ4v) is 2.12. The van der Waals surface area contributed by atoms with Crippen molar-refractivity contribution in [1.82, 2.24) is 0 Å². The van der Waals surface area contributed by atoms with E-state index in [0.717, 1.165) is 11.9 Å². The monoisotopic (exact) mass is 166 g/mol. The van der Waals surface area contributed by atoms with Crippen LogP contribution < -0.4 is 0 Å². The maximum Gasteiger partial charge on any atom is 0.127 e. The van der Waals surface area contributed by atoms with Gasteiger partial charge in [-0.2, -0.15) is 0 Å². The molecular weight excluding hydrogens is 148 g/mol. The lowest BCUT2D eigenvalue weighted by Crippen LogP contribution is -2.19. The number of rotatable bonds is 3. The van der Waals surface area contributed by atoms with E-state index in [4.69, 9.17) is 0 Å². The topological polar surface area (TPSA) is 17.1 Å². The molecule has 1 rings (SSSR count). The Morgan fingerprint density at radius 2 is 2.00 bits per heavy atom. The van der Waals surface area contributed by atoms with Crippen molar-refractivity contribution in [2.75, 3.05) is 0 Å². The minimum atomic E-state index is 0.130. The Hall–Kier alpha value is -0.590. The third-order valence-electron chi connectivity index (χ3n) is 2.87. The summed E-state index contributed by atoms with van der Waals surface area (Å²) in [6.07, 6.45) is 7.45. The van der Waals surface area contributed by atoms with Crippen LogP contribution in [0.1, 0.15) is 39.0 Å². The molecule has 0 bridgehead atoms. The standard InChI is InChI=1S/C11H18O/c1-9(2)11(8-12)10-6-4-3-5-7-10/h8,10-11H,1,3-7H2,2H3. The van der Waals surface area contributed by atoms with Gasteiger partial charge in [-0.15, -0.1) is 0 Å². The third-order valence-corrected chi connectivity index (χ3v) is 2.87. The van der Waals surface area contributed by atoms with Crippen molar-refractivity contribution in [3.8, 4) is 0 Å². The van der Waals surface area contributed by atoms with E-state index < -0.39 is 0 Å². The Bertz CT molecular complexity index is 166. The van der Waals surface area contributed by atoms with Crippen molar-refractivity contribution >= 4 is 6.29 Å². The van der Waals surface area contributed by atoms with E-state index >= 15 is 0 Å². The molecule has 0 spiro atoms. The maximum atomic E-state index is 10.8. The maximum absolute atomic E-state index is 10.8. The van der Waals surface area contributed by atoms with Crippen LogP contribution in [-0.4, -0.2) is 6.29 Å². The highest BCUT2D eigenvalue weighted by atomic mass is 16.1. The van der Waals surface area contributed by atoms with Gasteiger partial charge in [0.05, 0.1) is 0 Å². The van der Waals surface area contributed by atoms with Gasteiger partial charge in [-0.25, -0.2) is 0 Å². The first kappa shape index (κ1) is 9.50. The number of carbonyl (C=O) groups is 1. The van der Waals surface area contributed by atoms with E-state index in [1.165, 1.54) is 32.1 Å². The fraction of sp³-hybridized carbons (Fsp3) is 0.727. The molecular formula is C11H18O. The lowest BCUT2D eigenvalue weighted by atomic mass is 9.78. The lowest BCUT2D eigenvalue weighted by molar-refractivity contribution is -0.111. The van der Waals surface area contributed by atoms with E-state index in [2.05, 4.69) is 6.58 Å². The normalized spacial score (nSPS) is 21.8. The fourth-order valence-electron chi connectivity index (χ4n) is 2.12. The van der Waals surface area contributed by atoms with E-state index in [0.29, 0.717) is 5.92 Å². The van der Waals surface area contributed by atoms with Crippen LogP contribution in [0.25, 0.3) is 0 Å². The van der Waals surface area contributed by atoms with Gasteiger partial charge in [0, 0.05) is 5.92 Å². The van der Waals surface area contributed by atoms with Crippen LogP contribution in [0.4, 0.5) is 0 Å². The Morgan fingerprint density at radius 3 is 2.42 bits per heavy atom. The molecule has 0 heterocycles. The number of hydrogen-bond acceptors (Lipinski definition) is 1. The molecule has 0 aromatic heterocycles. The van der Waals surface area contributed by atoms with Crippen LogP contribution in [0.15, 0.2) is 12.2 Å². The summed E-state index contributed by atoms with van der Waals surface area (Å²) in [7, 11) is 0. The Balaban J connectivity index is 2.51. The Morgan fingerprint density at radius 1 is 1.42 bits per heavy atom. The largest absolute Gasteiger partial charge is 0.303 e. The number of allylic oxidation sites excluding steroid dienone is 1. The molecule has 0 amide bonds. The molecule has 68 valence electrons. The molecule has 1 aliphatic rings. The van der Waals surface area contributed by atoms with Crippen LogP contribution >= 0.6 is 0 Å². The Labute approximate surface area is 74.9 Å². The molecule has 1 fully saturated rings. The number of aldehydes is 1. The second-order valence-electron chi connectivity index (χ2n) is 3.91. The van der Waals surface area contributed by atoms with Crippen molar-refractivity contribution in [3.63, 3.8) is 0 Å². The molecule has 12 heavy (non-hydrogen) atoms. The zero-order valence-electron chi connectivity index (χ0n) is 7.88. The lowest BCUT2D eigenvalue weighted by Gasteiger charge is -2.26. The molecule has 0 radical (unpaired) electrons. The van der Waals surface area contributed by atoms with E-state index in [1.54, 1.807) is 0 Å². The van der Waals surface area contributed by atoms with Crippen LogP contribution in [0, 0.1) is 11.8 Å². The molecule has 1 nitrogen and oxygen atoms in total. The van der Waals surface area contributed by atoms with E-state index in [1.807, 2.05) is 6.92 Å². The zero-order chi connectivity index (χ0) is 8.97.